The number of aromatic hydroxyl groups is 1. The van der Waals surface area contributed by atoms with Crippen LogP contribution in [0.15, 0.2) is 18.2 Å². The monoisotopic (exact) mass is 277 g/mol. The Morgan fingerprint density at radius 3 is 2.90 bits per heavy atom. The lowest BCUT2D eigenvalue weighted by atomic mass is 10.1. The molecule has 1 atom stereocenters. The van der Waals surface area contributed by atoms with E-state index in [4.69, 9.17) is 4.74 Å². The molecule has 110 valence electrons. The number of amides is 1. The third-order valence-electron chi connectivity index (χ3n) is 3.78. The normalized spacial score (nSPS) is 18.8. The minimum Gasteiger partial charge on any atom is -0.508 e. The first-order valence-corrected chi connectivity index (χ1v) is 7.33. The smallest absolute Gasteiger partial charge is 0.229 e. The third kappa shape index (κ3) is 3.51. The summed E-state index contributed by atoms with van der Waals surface area (Å²) < 4.78 is 5.64. The summed E-state index contributed by atoms with van der Waals surface area (Å²) in [5, 5.41) is 9.62. The van der Waals surface area contributed by atoms with Crippen molar-refractivity contribution in [3.8, 4) is 5.75 Å². The topological polar surface area (TPSA) is 49.8 Å². The molecular formula is C16H23NO3. The molecule has 1 heterocycles. The van der Waals surface area contributed by atoms with E-state index in [0.29, 0.717) is 13.0 Å². The Morgan fingerprint density at radius 2 is 2.25 bits per heavy atom. The zero-order valence-electron chi connectivity index (χ0n) is 12.3. The van der Waals surface area contributed by atoms with E-state index in [9.17, 15) is 9.90 Å². The van der Waals surface area contributed by atoms with Crippen LogP contribution in [-0.4, -0.2) is 30.3 Å². The van der Waals surface area contributed by atoms with Gasteiger partial charge in [0, 0.05) is 19.2 Å². The summed E-state index contributed by atoms with van der Waals surface area (Å²) in [6.07, 6.45) is 3.65. The van der Waals surface area contributed by atoms with Gasteiger partial charge in [-0.2, -0.15) is 0 Å². The second kappa shape index (κ2) is 6.75. The lowest BCUT2D eigenvalue weighted by Gasteiger charge is -2.27. The van der Waals surface area contributed by atoms with Crippen molar-refractivity contribution < 1.29 is 14.6 Å². The van der Waals surface area contributed by atoms with Gasteiger partial charge in [0.05, 0.1) is 18.2 Å². The van der Waals surface area contributed by atoms with Gasteiger partial charge in [-0.25, -0.2) is 0 Å². The Bertz CT molecular complexity index is 467. The van der Waals surface area contributed by atoms with Crippen molar-refractivity contribution in [1.29, 1.82) is 0 Å². The molecule has 0 spiro atoms. The second-order valence-corrected chi connectivity index (χ2v) is 5.30. The van der Waals surface area contributed by atoms with Crippen LogP contribution in [-0.2, 0) is 9.53 Å². The molecule has 0 saturated carbocycles. The van der Waals surface area contributed by atoms with Crippen LogP contribution in [0.3, 0.4) is 0 Å². The number of carbonyl (C=O) groups excluding carboxylic acids is 1. The van der Waals surface area contributed by atoms with Crippen LogP contribution in [0.5, 0.6) is 5.75 Å². The molecule has 1 fully saturated rings. The summed E-state index contributed by atoms with van der Waals surface area (Å²) in [7, 11) is 0. The first-order valence-electron chi connectivity index (χ1n) is 7.33. The molecule has 1 unspecified atom stereocenters. The Labute approximate surface area is 120 Å². The van der Waals surface area contributed by atoms with Crippen LogP contribution in [0.1, 0.15) is 38.2 Å². The lowest BCUT2D eigenvalue weighted by molar-refractivity contribution is -0.122. The van der Waals surface area contributed by atoms with Crippen LogP contribution in [0.25, 0.3) is 0 Å². The molecule has 2 rings (SSSR count). The highest BCUT2D eigenvalue weighted by molar-refractivity contribution is 5.94. The molecule has 1 aliphatic rings. The standard InChI is InChI=1S/C16H23NO3/c1-3-17(15-10-13(18)8-7-12(15)2)16(19)11-14-6-4-5-9-20-14/h7-8,10,14,18H,3-6,9,11H2,1-2H3. The number of rotatable bonds is 4. The number of carbonyl (C=O) groups is 1. The van der Waals surface area contributed by atoms with Crippen molar-refractivity contribution in [2.75, 3.05) is 18.1 Å². The summed E-state index contributed by atoms with van der Waals surface area (Å²) in [5.74, 6) is 0.249. The van der Waals surface area contributed by atoms with E-state index in [1.54, 1.807) is 17.0 Å². The van der Waals surface area contributed by atoms with Gasteiger partial charge in [0.2, 0.25) is 5.91 Å². The minimum absolute atomic E-state index is 0.0444. The van der Waals surface area contributed by atoms with E-state index in [1.165, 1.54) is 0 Å². The van der Waals surface area contributed by atoms with Gasteiger partial charge in [-0.1, -0.05) is 6.07 Å². The maximum Gasteiger partial charge on any atom is 0.229 e. The Morgan fingerprint density at radius 1 is 1.45 bits per heavy atom. The SMILES string of the molecule is CCN(C(=O)CC1CCCCO1)c1cc(O)ccc1C. The molecular weight excluding hydrogens is 254 g/mol. The summed E-state index contributed by atoms with van der Waals surface area (Å²) in [5.41, 5.74) is 1.77. The number of phenols is 1. The van der Waals surface area contributed by atoms with Gasteiger partial charge < -0.3 is 14.7 Å². The Balaban J connectivity index is 2.10. The van der Waals surface area contributed by atoms with Crippen molar-refractivity contribution in [2.45, 2.75) is 45.6 Å². The number of nitrogens with zero attached hydrogens (tertiary/aromatic N) is 1. The largest absolute Gasteiger partial charge is 0.508 e. The van der Waals surface area contributed by atoms with E-state index in [1.807, 2.05) is 19.9 Å². The molecule has 1 saturated heterocycles. The van der Waals surface area contributed by atoms with Crippen molar-refractivity contribution in [2.24, 2.45) is 0 Å². The zero-order chi connectivity index (χ0) is 14.5. The number of phenolic OH excluding ortho intramolecular Hbond substituents is 1. The van der Waals surface area contributed by atoms with Gasteiger partial charge in [-0.15, -0.1) is 0 Å². The summed E-state index contributed by atoms with van der Waals surface area (Å²) >= 11 is 0. The van der Waals surface area contributed by atoms with Gasteiger partial charge in [-0.05, 0) is 44.7 Å². The molecule has 4 heteroatoms. The van der Waals surface area contributed by atoms with E-state index in [2.05, 4.69) is 0 Å². The van der Waals surface area contributed by atoms with Crippen molar-refractivity contribution in [3.63, 3.8) is 0 Å². The fourth-order valence-electron chi connectivity index (χ4n) is 2.64. The molecule has 0 bridgehead atoms. The average Bonchev–Trinajstić information content (AvgIpc) is 2.44. The highest BCUT2D eigenvalue weighted by Gasteiger charge is 2.22. The lowest BCUT2D eigenvalue weighted by Crippen LogP contribution is -2.35. The first kappa shape index (κ1) is 14.9. The number of hydrogen-bond acceptors (Lipinski definition) is 3. The van der Waals surface area contributed by atoms with Crippen LogP contribution in [0, 0.1) is 6.92 Å². The molecule has 0 aliphatic carbocycles. The highest BCUT2D eigenvalue weighted by atomic mass is 16.5. The molecule has 4 nitrogen and oxygen atoms in total. The fraction of sp³-hybridized carbons (Fsp3) is 0.562. The quantitative estimate of drug-likeness (QED) is 0.920. The van der Waals surface area contributed by atoms with Gasteiger partial charge >= 0.3 is 0 Å². The van der Waals surface area contributed by atoms with E-state index in [-0.39, 0.29) is 17.8 Å². The number of aryl methyl sites for hydroxylation is 1. The summed E-state index contributed by atoms with van der Waals surface area (Å²) in [4.78, 5) is 14.2. The van der Waals surface area contributed by atoms with E-state index in [0.717, 1.165) is 37.1 Å². The minimum atomic E-state index is 0.0444. The summed E-state index contributed by atoms with van der Waals surface area (Å²) in [6, 6.07) is 5.12. The van der Waals surface area contributed by atoms with Crippen molar-refractivity contribution in [1.82, 2.24) is 0 Å². The van der Waals surface area contributed by atoms with Gasteiger partial charge in [0.25, 0.3) is 0 Å². The average molecular weight is 277 g/mol. The van der Waals surface area contributed by atoms with Crippen molar-refractivity contribution >= 4 is 11.6 Å². The molecule has 20 heavy (non-hydrogen) atoms. The maximum absolute atomic E-state index is 12.5. The Hall–Kier alpha value is -1.55. The van der Waals surface area contributed by atoms with E-state index < -0.39 is 0 Å². The molecule has 1 amide bonds. The van der Waals surface area contributed by atoms with Gasteiger partial charge in [0.1, 0.15) is 5.75 Å². The molecule has 1 aromatic rings. The predicted molar refractivity (Wildman–Crippen MR) is 79.1 cm³/mol. The maximum atomic E-state index is 12.5. The fourth-order valence-corrected chi connectivity index (χ4v) is 2.64. The van der Waals surface area contributed by atoms with E-state index >= 15 is 0 Å². The molecule has 0 aromatic heterocycles. The number of ether oxygens (including phenoxy) is 1. The number of benzene rings is 1. The second-order valence-electron chi connectivity index (χ2n) is 5.30. The van der Waals surface area contributed by atoms with Crippen LogP contribution in [0.4, 0.5) is 5.69 Å². The molecule has 1 N–H and O–H groups in total. The number of hydrogen-bond donors (Lipinski definition) is 1. The van der Waals surface area contributed by atoms with Crippen molar-refractivity contribution in [3.05, 3.63) is 23.8 Å². The van der Waals surface area contributed by atoms with Crippen LogP contribution < -0.4 is 4.90 Å². The van der Waals surface area contributed by atoms with Gasteiger partial charge in [-0.3, -0.25) is 4.79 Å². The van der Waals surface area contributed by atoms with Crippen LogP contribution in [0.2, 0.25) is 0 Å². The Kier molecular flexibility index (Phi) is 5.01. The zero-order valence-corrected chi connectivity index (χ0v) is 12.3. The third-order valence-corrected chi connectivity index (χ3v) is 3.78. The molecule has 1 aromatic carbocycles. The molecule has 1 aliphatic heterocycles. The molecule has 0 radical (unpaired) electrons. The predicted octanol–water partition coefficient (Wildman–Crippen LogP) is 3.01. The summed E-state index contributed by atoms with van der Waals surface area (Å²) in [6.45, 7) is 5.25. The van der Waals surface area contributed by atoms with Gasteiger partial charge in [0.15, 0.2) is 0 Å². The number of anilines is 1. The highest BCUT2D eigenvalue weighted by Crippen LogP contribution is 2.26. The van der Waals surface area contributed by atoms with Crippen LogP contribution >= 0.6 is 0 Å². The first-order chi connectivity index (χ1) is 9.61.